The van der Waals surface area contributed by atoms with Crippen LogP contribution in [0, 0.1) is 0 Å². The van der Waals surface area contributed by atoms with Crippen LogP contribution in [0.2, 0.25) is 0 Å². The Morgan fingerprint density at radius 2 is 0.731 bits per heavy atom. The maximum Gasteiger partial charge on any atom is 0.305 e. The van der Waals surface area contributed by atoms with Gasteiger partial charge >= 0.3 is 65.7 Å². The van der Waals surface area contributed by atoms with Gasteiger partial charge in [0.25, 0.3) is 0 Å². The second-order valence-corrected chi connectivity index (χ2v) is 14.9. The quantitative estimate of drug-likeness (QED) is 0.107. The summed E-state index contributed by atoms with van der Waals surface area (Å²) in [6, 6.07) is 0. The molecule has 376 valence electrons. The molecule has 0 radical (unpaired) electrons. The highest BCUT2D eigenvalue weighted by molar-refractivity contribution is 5.70. The Kier molecular flexibility index (Phi) is 20.3. The van der Waals surface area contributed by atoms with Gasteiger partial charge in [0.2, 0.25) is 12.1 Å². The van der Waals surface area contributed by atoms with Gasteiger partial charge in [-0.2, -0.15) is 0 Å². The van der Waals surface area contributed by atoms with Gasteiger partial charge in [-0.15, -0.1) is 0 Å². The molecule has 0 amide bonds. The SMILES string of the molecule is CC(=O)OC[C@H]1O[C@H](OC[C@H]2O[C@@](COC(C)=O)(OC3[C@@H](OC(C)=O)O[C@H](COC(C)=O)[C@@H](OC(C)=O)[C@@H]3OC(C)=O)[C@@H](OC(C)=O)[C@@H]2OC(C)=O)[C@H](OC(C)=O)[C@@H](OC(C)=O)[C@H]1OC(C)=O. The number of hydrogen-bond donors (Lipinski definition) is 0. The number of ether oxygens (including phenoxy) is 16. The van der Waals surface area contributed by atoms with Crippen LogP contribution in [0.4, 0.5) is 0 Å². The van der Waals surface area contributed by atoms with E-state index in [0.29, 0.717) is 0 Å². The van der Waals surface area contributed by atoms with E-state index in [0.717, 1.165) is 76.2 Å². The maximum atomic E-state index is 12.9. The summed E-state index contributed by atoms with van der Waals surface area (Å²) < 4.78 is 90.3. The fraction of sp³-hybridized carbons (Fsp3) is 0.725. The van der Waals surface area contributed by atoms with Gasteiger partial charge in [-0.25, -0.2) is 0 Å². The minimum Gasteiger partial charge on any atom is -0.463 e. The second-order valence-electron chi connectivity index (χ2n) is 14.9. The summed E-state index contributed by atoms with van der Waals surface area (Å²) in [7, 11) is 0. The van der Waals surface area contributed by atoms with E-state index in [-0.39, 0.29) is 0 Å². The average Bonchev–Trinajstić information content (AvgIpc) is 3.44. The van der Waals surface area contributed by atoms with E-state index in [2.05, 4.69) is 0 Å². The average molecular weight is 967 g/mol. The van der Waals surface area contributed by atoms with Crippen LogP contribution in [0.15, 0.2) is 0 Å². The minimum absolute atomic E-state index is 0.645. The first-order chi connectivity index (χ1) is 31.2. The Bertz CT molecular complexity index is 1860. The molecule has 0 aromatic carbocycles. The van der Waals surface area contributed by atoms with Crippen molar-refractivity contribution in [3.05, 3.63) is 0 Å². The van der Waals surface area contributed by atoms with Gasteiger partial charge in [0.05, 0.1) is 6.61 Å². The van der Waals surface area contributed by atoms with Crippen LogP contribution < -0.4 is 0 Å². The molecule has 0 aromatic heterocycles. The van der Waals surface area contributed by atoms with Crippen LogP contribution in [0.3, 0.4) is 0 Å². The first-order valence-electron chi connectivity index (χ1n) is 20.3. The van der Waals surface area contributed by atoms with Crippen LogP contribution in [0.25, 0.3) is 0 Å². The Morgan fingerprint density at radius 3 is 1.15 bits per heavy atom. The van der Waals surface area contributed by atoms with Crippen molar-refractivity contribution in [3.8, 4) is 0 Å². The zero-order valence-corrected chi connectivity index (χ0v) is 38.4. The van der Waals surface area contributed by atoms with Gasteiger partial charge in [0.15, 0.2) is 55.1 Å². The van der Waals surface area contributed by atoms with E-state index in [9.17, 15) is 52.7 Å². The molecule has 0 aliphatic carbocycles. The van der Waals surface area contributed by atoms with Gasteiger partial charge in [0.1, 0.15) is 38.1 Å². The number of carbonyl (C=O) groups is 11. The Hall–Kier alpha value is -6.03. The van der Waals surface area contributed by atoms with Crippen molar-refractivity contribution in [2.45, 2.75) is 162 Å². The van der Waals surface area contributed by atoms with Gasteiger partial charge in [-0.1, -0.05) is 0 Å². The fourth-order valence-electron chi connectivity index (χ4n) is 7.08. The van der Waals surface area contributed by atoms with Crippen molar-refractivity contribution in [1.29, 1.82) is 0 Å². The van der Waals surface area contributed by atoms with Gasteiger partial charge in [0, 0.05) is 76.2 Å². The largest absolute Gasteiger partial charge is 0.463 e. The fourth-order valence-corrected chi connectivity index (χ4v) is 7.08. The van der Waals surface area contributed by atoms with Crippen LogP contribution in [-0.2, 0) is 129 Å². The third kappa shape index (κ3) is 16.4. The van der Waals surface area contributed by atoms with Crippen LogP contribution in [0.1, 0.15) is 76.2 Å². The summed E-state index contributed by atoms with van der Waals surface area (Å²) in [5.41, 5.74) is 0. The molecule has 0 N–H and O–H groups in total. The van der Waals surface area contributed by atoms with E-state index < -0.39 is 178 Å². The molecule has 67 heavy (non-hydrogen) atoms. The highest BCUT2D eigenvalue weighted by atomic mass is 16.8. The van der Waals surface area contributed by atoms with E-state index in [4.69, 9.17) is 75.8 Å². The first-order valence-corrected chi connectivity index (χ1v) is 20.3. The zero-order valence-electron chi connectivity index (χ0n) is 38.4. The summed E-state index contributed by atoms with van der Waals surface area (Å²) >= 11 is 0. The van der Waals surface area contributed by atoms with Gasteiger partial charge in [-0.05, 0) is 0 Å². The lowest BCUT2D eigenvalue weighted by molar-refractivity contribution is -0.369. The molecule has 3 aliphatic rings. The molecule has 0 aromatic rings. The van der Waals surface area contributed by atoms with E-state index in [1.165, 1.54) is 0 Å². The minimum atomic E-state index is -2.75. The number of rotatable bonds is 19. The van der Waals surface area contributed by atoms with E-state index in [1.54, 1.807) is 0 Å². The van der Waals surface area contributed by atoms with Crippen molar-refractivity contribution >= 4 is 65.7 Å². The molecule has 1 unspecified atom stereocenters. The standard InChI is InChI=1S/C40H54O27/c1-16(41)52-12-27-30(56-19(4)44)33(59-22(7)47)35(61-24(9)49)38(64-27)54-14-29-32(58-21(6)46)37(62-25(10)50)40(66-29,15-55-18(3)43)67-36-34(60-23(8)48)31(57-20(5)45)28(13-53-17(2)42)65-39(36)63-26(11)51/h27-39H,12-15H2,1-11H3/t27-,28-,29-,30+,31-,32-,33+,34+,35-,36?,37+,38+,39+,40+/m1/s1. The molecule has 0 bridgehead atoms. The topological polar surface area (TPSA) is 335 Å². The zero-order chi connectivity index (χ0) is 50.5. The van der Waals surface area contributed by atoms with E-state index in [1.807, 2.05) is 0 Å². The van der Waals surface area contributed by atoms with Crippen LogP contribution in [0.5, 0.6) is 0 Å². The molecule has 27 heteroatoms. The molecule has 3 heterocycles. The molecule has 3 fully saturated rings. The van der Waals surface area contributed by atoms with Crippen LogP contribution in [-0.4, -0.2) is 178 Å². The van der Waals surface area contributed by atoms with Crippen molar-refractivity contribution in [2.75, 3.05) is 26.4 Å². The monoisotopic (exact) mass is 966 g/mol. The molecule has 3 rings (SSSR count). The lowest BCUT2D eigenvalue weighted by Crippen LogP contribution is -2.66. The third-order valence-corrected chi connectivity index (χ3v) is 9.16. The van der Waals surface area contributed by atoms with Crippen molar-refractivity contribution in [2.24, 2.45) is 0 Å². The highest BCUT2D eigenvalue weighted by Gasteiger charge is 2.65. The Labute approximate surface area is 382 Å². The molecular weight excluding hydrogens is 912 g/mol. The second kappa shape index (κ2) is 24.7. The highest BCUT2D eigenvalue weighted by Crippen LogP contribution is 2.42. The summed E-state index contributed by atoms with van der Waals surface area (Å²) in [6.45, 7) is 7.48. The molecule has 27 nitrogen and oxygen atoms in total. The smallest absolute Gasteiger partial charge is 0.305 e. The predicted octanol–water partition coefficient (Wildman–Crippen LogP) is -1.29. The van der Waals surface area contributed by atoms with Gasteiger partial charge in [-0.3, -0.25) is 52.7 Å². The predicted molar refractivity (Wildman–Crippen MR) is 206 cm³/mol. The number of esters is 11. The maximum absolute atomic E-state index is 12.9. The normalized spacial score (nSPS) is 31.1. The Morgan fingerprint density at radius 1 is 0.358 bits per heavy atom. The summed E-state index contributed by atoms with van der Waals surface area (Å²) in [6.07, 6.45) is -23.2. The molecule has 0 saturated carbocycles. The van der Waals surface area contributed by atoms with Crippen LogP contribution >= 0.6 is 0 Å². The molecular formula is C40H54O27. The van der Waals surface area contributed by atoms with Crippen molar-refractivity contribution < 1.29 is 129 Å². The lowest BCUT2D eigenvalue weighted by Gasteiger charge is -2.47. The number of hydrogen-bond acceptors (Lipinski definition) is 27. The van der Waals surface area contributed by atoms with Crippen molar-refractivity contribution in [3.63, 3.8) is 0 Å². The summed E-state index contributed by atoms with van der Waals surface area (Å²) in [5, 5.41) is 0. The third-order valence-electron chi connectivity index (χ3n) is 9.16. The van der Waals surface area contributed by atoms with Gasteiger partial charge < -0.3 is 75.8 Å². The summed E-state index contributed by atoms with van der Waals surface area (Å²) in [4.78, 5) is 137. The van der Waals surface area contributed by atoms with E-state index >= 15 is 0 Å². The molecule has 14 atom stereocenters. The number of carbonyl (C=O) groups excluding carboxylic acids is 11. The summed E-state index contributed by atoms with van der Waals surface area (Å²) in [5.74, 6) is -13.4. The molecule has 3 saturated heterocycles. The molecule has 0 spiro atoms. The first kappa shape index (κ1) is 55.3. The molecule has 3 aliphatic heterocycles. The van der Waals surface area contributed by atoms with Crippen molar-refractivity contribution in [1.82, 2.24) is 0 Å². The Balaban J connectivity index is 2.27. The lowest BCUT2D eigenvalue weighted by atomic mass is 9.97.